The van der Waals surface area contributed by atoms with Crippen molar-refractivity contribution >= 4 is 18.0 Å². The van der Waals surface area contributed by atoms with E-state index in [1.165, 1.54) is 22.0 Å². The molecule has 35 heavy (non-hydrogen) atoms. The SMILES string of the molecule is Cn1ncc(C(=O)O)c1CNC(=O)[C@H]1C[C@H]1CNC(=O)OCC1c2ccccc2-c2ccccc21. The number of fused-ring (bicyclic) bond motifs is 3. The molecule has 2 aliphatic carbocycles. The van der Waals surface area contributed by atoms with E-state index >= 15 is 0 Å². The largest absolute Gasteiger partial charge is 0.478 e. The van der Waals surface area contributed by atoms with Gasteiger partial charge >= 0.3 is 12.1 Å². The molecule has 1 heterocycles. The first-order valence-electron chi connectivity index (χ1n) is 11.5. The van der Waals surface area contributed by atoms with Gasteiger partial charge in [0.25, 0.3) is 0 Å². The maximum atomic E-state index is 12.4. The summed E-state index contributed by atoms with van der Waals surface area (Å²) in [7, 11) is 1.63. The average molecular weight is 475 g/mol. The van der Waals surface area contributed by atoms with Gasteiger partial charge in [-0.05, 0) is 34.6 Å². The Morgan fingerprint density at radius 3 is 2.37 bits per heavy atom. The highest BCUT2D eigenvalue weighted by Gasteiger charge is 2.43. The van der Waals surface area contributed by atoms with Gasteiger partial charge in [0.05, 0.1) is 18.4 Å². The zero-order chi connectivity index (χ0) is 24.5. The van der Waals surface area contributed by atoms with Crippen molar-refractivity contribution in [3.63, 3.8) is 0 Å². The predicted molar refractivity (Wildman–Crippen MR) is 127 cm³/mol. The molecule has 0 bridgehead atoms. The molecule has 9 nitrogen and oxygen atoms in total. The first-order chi connectivity index (χ1) is 16.9. The number of nitrogens with one attached hydrogen (secondary N) is 2. The number of benzene rings is 2. The minimum atomic E-state index is -1.08. The Morgan fingerprint density at radius 1 is 1.06 bits per heavy atom. The number of carboxylic acid groups (broad SMARTS) is 1. The number of amides is 2. The van der Waals surface area contributed by atoms with Crippen molar-refractivity contribution < 1.29 is 24.2 Å². The second kappa shape index (κ2) is 9.25. The van der Waals surface area contributed by atoms with Crippen molar-refractivity contribution in [3.05, 3.63) is 77.1 Å². The molecule has 1 fully saturated rings. The molecule has 5 rings (SSSR count). The number of alkyl carbamates (subject to hydrolysis) is 1. The van der Waals surface area contributed by atoms with Gasteiger partial charge < -0.3 is 20.5 Å². The van der Waals surface area contributed by atoms with Crippen LogP contribution < -0.4 is 10.6 Å². The third-order valence-corrected chi connectivity index (χ3v) is 6.83. The van der Waals surface area contributed by atoms with Crippen LogP contribution in [-0.4, -0.2) is 46.0 Å². The van der Waals surface area contributed by atoms with E-state index in [1.54, 1.807) is 7.05 Å². The van der Waals surface area contributed by atoms with Gasteiger partial charge in [0, 0.05) is 25.4 Å². The van der Waals surface area contributed by atoms with Crippen molar-refractivity contribution in [2.75, 3.05) is 13.2 Å². The molecule has 180 valence electrons. The summed E-state index contributed by atoms with van der Waals surface area (Å²) >= 11 is 0. The van der Waals surface area contributed by atoms with Crippen molar-refractivity contribution in [1.82, 2.24) is 20.4 Å². The van der Waals surface area contributed by atoms with E-state index in [1.807, 2.05) is 24.3 Å². The smallest absolute Gasteiger partial charge is 0.407 e. The topological polar surface area (TPSA) is 123 Å². The Hall–Kier alpha value is -4.14. The number of hydrogen-bond donors (Lipinski definition) is 3. The van der Waals surface area contributed by atoms with E-state index in [-0.39, 0.29) is 42.4 Å². The molecular formula is C26H26N4O5. The molecule has 9 heteroatoms. The maximum absolute atomic E-state index is 12.4. The zero-order valence-electron chi connectivity index (χ0n) is 19.2. The van der Waals surface area contributed by atoms with E-state index in [2.05, 4.69) is 40.0 Å². The first kappa shape index (κ1) is 22.6. The molecule has 1 aromatic heterocycles. The van der Waals surface area contributed by atoms with Gasteiger partial charge in [-0.3, -0.25) is 9.48 Å². The molecule has 0 aliphatic heterocycles. The number of carbonyl (C=O) groups excluding carboxylic acids is 2. The van der Waals surface area contributed by atoms with Crippen LogP contribution >= 0.6 is 0 Å². The Kier molecular flexibility index (Phi) is 5.98. The molecule has 2 atom stereocenters. The second-order valence-corrected chi connectivity index (χ2v) is 8.96. The standard InChI is InChI=1S/C26H26N4O5/c1-30-23(21(12-29-30)25(32)33)13-27-24(31)20-10-15(20)11-28-26(34)35-14-22-18-8-4-2-6-16(18)17-7-3-5-9-19(17)22/h2-9,12,15,20,22H,10-11,13-14H2,1H3,(H,27,31)(H,28,34)(H,32,33)/t15-,20-/m0/s1. The minimum absolute atomic E-state index is 0.00435. The summed E-state index contributed by atoms with van der Waals surface area (Å²) < 4.78 is 6.98. The van der Waals surface area contributed by atoms with Gasteiger partial charge in [0.2, 0.25) is 5.91 Å². The quantitative estimate of drug-likeness (QED) is 0.461. The Labute approximate surface area is 202 Å². The summed E-state index contributed by atoms with van der Waals surface area (Å²) in [4.78, 5) is 36.1. The van der Waals surface area contributed by atoms with E-state index in [9.17, 15) is 19.5 Å². The lowest BCUT2D eigenvalue weighted by atomic mass is 9.98. The summed E-state index contributed by atoms with van der Waals surface area (Å²) in [5.74, 6) is -1.44. The number of rotatable bonds is 8. The molecule has 3 N–H and O–H groups in total. The number of carboxylic acids is 1. The van der Waals surface area contributed by atoms with E-state index in [0.717, 1.165) is 11.1 Å². The third kappa shape index (κ3) is 4.49. The van der Waals surface area contributed by atoms with E-state index < -0.39 is 12.1 Å². The van der Waals surface area contributed by atoms with Crippen LogP contribution in [0.15, 0.2) is 54.7 Å². The summed E-state index contributed by atoms with van der Waals surface area (Å²) in [6, 6.07) is 16.3. The van der Waals surface area contributed by atoms with Gasteiger partial charge in [-0.25, -0.2) is 9.59 Å². The Morgan fingerprint density at radius 2 is 1.71 bits per heavy atom. The molecule has 2 aromatic carbocycles. The monoisotopic (exact) mass is 474 g/mol. The molecule has 0 radical (unpaired) electrons. The number of ether oxygens (including phenoxy) is 1. The highest BCUT2D eigenvalue weighted by Crippen LogP contribution is 2.44. The Balaban J connectivity index is 1.08. The molecule has 0 spiro atoms. The van der Waals surface area contributed by atoms with Gasteiger partial charge in [-0.15, -0.1) is 0 Å². The first-order valence-corrected chi connectivity index (χ1v) is 11.5. The number of carbonyl (C=O) groups is 3. The lowest BCUT2D eigenvalue weighted by Crippen LogP contribution is -2.31. The number of nitrogens with zero attached hydrogens (tertiary/aromatic N) is 2. The van der Waals surface area contributed by atoms with E-state index in [0.29, 0.717) is 18.7 Å². The van der Waals surface area contributed by atoms with Crippen molar-refractivity contribution in [3.8, 4) is 11.1 Å². The fourth-order valence-electron chi connectivity index (χ4n) is 4.81. The van der Waals surface area contributed by atoms with Crippen molar-refractivity contribution in [1.29, 1.82) is 0 Å². The fourth-order valence-corrected chi connectivity index (χ4v) is 4.81. The summed E-state index contributed by atoms with van der Waals surface area (Å²) in [5.41, 5.74) is 5.15. The van der Waals surface area contributed by atoms with Crippen molar-refractivity contribution in [2.24, 2.45) is 18.9 Å². The van der Waals surface area contributed by atoms with Crippen LogP contribution in [0.4, 0.5) is 4.79 Å². The fraction of sp³-hybridized carbons (Fsp3) is 0.308. The van der Waals surface area contributed by atoms with Gasteiger partial charge in [0.1, 0.15) is 12.2 Å². The number of aromatic nitrogens is 2. The average Bonchev–Trinajstić information content (AvgIpc) is 3.45. The van der Waals surface area contributed by atoms with Gasteiger partial charge in [-0.1, -0.05) is 48.5 Å². The van der Waals surface area contributed by atoms with Crippen LogP contribution in [-0.2, 0) is 23.1 Å². The molecule has 3 aromatic rings. The van der Waals surface area contributed by atoms with Gasteiger partial charge in [-0.2, -0.15) is 5.10 Å². The molecule has 0 unspecified atom stereocenters. The third-order valence-electron chi connectivity index (χ3n) is 6.83. The van der Waals surface area contributed by atoms with Crippen LogP contribution in [0.1, 0.15) is 39.5 Å². The summed E-state index contributed by atoms with van der Waals surface area (Å²) in [5, 5.41) is 18.7. The molecule has 1 saturated carbocycles. The lowest BCUT2D eigenvalue weighted by molar-refractivity contribution is -0.122. The Bertz CT molecular complexity index is 1250. The zero-order valence-corrected chi connectivity index (χ0v) is 19.2. The maximum Gasteiger partial charge on any atom is 0.407 e. The van der Waals surface area contributed by atoms with Gasteiger partial charge in [0.15, 0.2) is 0 Å². The molecule has 2 amide bonds. The second-order valence-electron chi connectivity index (χ2n) is 8.96. The van der Waals surface area contributed by atoms with Crippen LogP contribution in [0.5, 0.6) is 0 Å². The number of aryl methyl sites for hydroxylation is 1. The van der Waals surface area contributed by atoms with Crippen LogP contribution in [0.3, 0.4) is 0 Å². The lowest BCUT2D eigenvalue weighted by Gasteiger charge is -2.14. The summed E-state index contributed by atoms with van der Waals surface area (Å²) in [6.07, 6.45) is 1.42. The highest BCUT2D eigenvalue weighted by atomic mass is 16.5. The van der Waals surface area contributed by atoms with E-state index in [4.69, 9.17) is 4.74 Å². The number of aromatic carboxylic acids is 1. The highest BCUT2D eigenvalue weighted by molar-refractivity contribution is 5.89. The van der Waals surface area contributed by atoms with Crippen LogP contribution in [0.25, 0.3) is 11.1 Å². The summed E-state index contributed by atoms with van der Waals surface area (Å²) in [6.45, 7) is 0.673. The normalized spacial score (nSPS) is 17.9. The minimum Gasteiger partial charge on any atom is -0.478 e. The van der Waals surface area contributed by atoms with Crippen molar-refractivity contribution in [2.45, 2.75) is 18.9 Å². The predicted octanol–water partition coefficient (Wildman–Crippen LogP) is 2.91. The van der Waals surface area contributed by atoms with Crippen LogP contribution in [0, 0.1) is 11.8 Å². The number of hydrogen-bond acceptors (Lipinski definition) is 5. The molecule has 2 aliphatic rings. The molecule has 0 saturated heterocycles. The van der Waals surface area contributed by atoms with Crippen LogP contribution in [0.2, 0.25) is 0 Å². The molecular weight excluding hydrogens is 448 g/mol.